The molecule has 27 heavy (non-hydrogen) atoms. The molecule has 1 aromatic heterocycles. The van der Waals surface area contributed by atoms with Gasteiger partial charge < -0.3 is 5.32 Å². The van der Waals surface area contributed by atoms with E-state index in [0.717, 1.165) is 33.7 Å². The van der Waals surface area contributed by atoms with Gasteiger partial charge in [0.05, 0.1) is 23.1 Å². The molecule has 5 heteroatoms. The summed E-state index contributed by atoms with van der Waals surface area (Å²) in [5, 5.41) is 7.46. The number of carbonyl (C=O) groups excluding carboxylic acids is 1. The van der Waals surface area contributed by atoms with Gasteiger partial charge in [-0.3, -0.25) is 14.5 Å². The third-order valence-corrected chi connectivity index (χ3v) is 4.58. The largest absolute Gasteiger partial charge is 0.324 e. The monoisotopic (exact) mass is 358 g/mol. The number of aromatic nitrogens is 2. The molecule has 5 nitrogen and oxygen atoms in total. The molecular weight excluding hydrogens is 336 g/mol. The van der Waals surface area contributed by atoms with Gasteiger partial charge in [-0.15, -0.1) is 0 Å². The Hall–Kier alpha value is -3.21. The summed E-state index contributed by atoms with van der Waals surface area (Å²) in [6, 6.07) is 16.0. The van der Waals surface area contributed by atoms with Crippen LogP contribution >= 0.6 is 0 Å². The van der Waals surface area contributed by atoms with Crippen LogP contribution in [-0.4, -0.2) is 27.9 Å². The van der Waals surface area contributed by atoms with Gasteiger partial charge in [0.25, 0.3) is 0 Å². The lowest BCUT2D eigenvalue weighted by molar-refractivity contribution is -0.114. The van der Waals surface area contributed by atoms with Gasteiger partial charge >= 0.3 is 0 Å². The fourth-order valence-corrected chi connectivity index (χ4v) is 3.14. The van der Waals surface area contributed by atoms with Gasteiger partial charge in [0.1, 0.15) is 6.54 Å². The van der Waals surface area contributed by atoms with Gasteiger partial charge in [-0.25, -0.2) is 0 Å². The van der Waals surface area contributed by atoms with Crippen LogP contribution in [0.2, 0.25) is 0 Å². The van der Waals surface area contributed by atoms with Crippen LogP contribution in [0.25, 0.3) is 11.1 Å². The third kappa shape index (κ3) is 3.40. The van der Waals surface area contributed by atoms with Gasteiger partial charge in [-0.05, 0) is 38.5 Å². The highest BCUT2D eigenvalue weighted by molar-refractivity contribution is 6.19. The van der Waals surface area contributed by atoms with Crippen LogP contribution in [0, 0.1) is 0 Å². The number of amides is 1. The van der Waals surface area contributed by atoms with Crippen molar-refractivity contribution in [2.75, 3.05) is 11.9 Å². The highest BCUT2D eigenvalue weighted by Crippen LogP contribution is 2.29. The van der Waals surface area contributed by atoms with Crippen LogP contribution < -0.4 is 5.32 Å². The normalized spacial score (nSPS) is 14.2. The SMILES string of the molecule is CC(C)(C)n1cc(-c2ccc3c(c2)C(c2ccccc2)=NCC(=O)N3)cn1. The second-order valence-corrected chi connectivity index (χ2v) is 7.68. The average molecular weight is 358 g/mol. The lowest BCUT2D eigenvalue weighted by atomic mass is 9.97. The molecule has 1 amide bonds. The van der Waals surface area contributed by atoms with Gasteiger partial charge in [0.2, 0.25) is 5.91 Å². The fraction of sp³-hybridized carbons (Fsp3) is 0.227. The number of fused-ring (bicyclic) bond motifs is 1. The molecule has 0 unspecified atom stereocenters. The Kier molecular flexibility index (Phi) is 4.15. The molecule has 3 aromatic rings. The summed E-state index contributed by atoms with van der Waals surface area (Å²) in [5.74, 6) is -0.101. The second kappa shape index (κ2) is 6.50. The van der Waals surface area contributed by atoms with E-state index in [0.29, 0.717) is 0 Å². The highest BCUT2D eigenvalue weighted by Gasteiger charge is 2.20. The van der Waals surface area contributed by atoms with Crippen LogP contribution in [-0.2, 0) is 10.3 Å². The summed E-state index contributed by atoms with van der Waals surface area (Å²) in [5.41, 5.74) is 5.54. The maximum Gasteiger partial charge on any atom is 0.246 e. The van der Waals surface area contributed by atoms with Gasteiger partial charge in [0.15, 0.2) is 0 Å². The minimum atomic E-state index is -0.101. The van der Waals surface area contributed by atoms with E-state index in [1.165, 1.54) is 0 Å². The number of rotatable bonds is 2. The van der Waals surface area contributed by atoms with E-state index in [4.69, 9.17) is 0 Å². The molecule has 0 spiro atoms. The molecule has 0 aliphatic carbocycles. The summed E-state index contributed by atoms with van der Waals surface area (Å²) in [6.45, 7) is 6.49. The molecule has 0 atom stereocenters. The maximum absolute atomic E-state index is 12.1. The van der Waals surface area contributed by atoms with Gasteiger partial charge in [0, 0.05) is 22.9 Å². The Morgan fingerprint density at radius 1 is 1.00 bits per heavy atom. The molecule has 0 fully saturated rings. The summed E-state index contributed by atoms with van der Waals surface area (Å²) >= 11 is 0. The first-order valence-corrected chi connectivity index (χ1v) is 9.01. The van der Waals surface area contributed by atoms with Gasteiger partial charge in [-0.1, -0.05) is 36.4 Å². The summed E-state index contributed by atoms with van der Waals surface area (Å²) in [4.78, 5) is 16.6. The van der Waals surface area contributed by atoms with Crippen LogP contribution in [0.3, 0.4) is 0 Å². The van der Waals surface area contributed by atoms with Gasteiger partial charge in [-0.2, -0.15) is 5.10 Å². The average Bonchev–Trinajstić information content (AvgIpc) is 3.08. The maximum atomic E-state index is 12.1. The number of aliphatic imine (C=N–C) groups is 1. The zero-order valence-electron chi connectivity index (χ0n) is 15.7. The van der Waals surface area contributed by atoms with Crippen molar-refractivity contribution < 1.29 is 4.79 Å². The Morgan fingerprint density at radius 3 is 2.48 bits per heavy atom. The Labute approximate surface area is 158 Å². The molecule has 2 heterocycles. The van der Waals surface area contributed by atoms with E-state index in [1.807, 2.05) is 53.3 Å². The van der Waals surface area contributed by atoms with Crippen LogP contribution in [0.5, 0.6) is 0 Å². The van der Waals surface area contributed by atoms with E-state index in [9.17, 15) is 4.79 Å². The highest BCUT2D eigenvalue weighted by atomic mass is 16.1. The molecule has 0 saturated heterocycles. The number of nitrogens with one attached hydrogen (secondary N) is 1. The van der Waals surface area contributed by atoms with Crippen molar-refractivity contribution in [3.05, 3.63) is 72.1 Å². The number of benzene rings is 2. The van der Waals surface area contributed by atoms with E-state index >= 15 is 0 Å². The molecule has 0 bridgehead atoms. The van der Waals surface area contributed by atoms with Crippen molar-refractivity contribution >= 4 is 17.3 Å². The predicted molar refractivity (Wildman–Crippen MR) is 108 cm³/mol. The Bertz CT molecular complexity index is 1030. The number of carbonyl (C=O) groups is 1. The molecule has 1 aliphatic rings. The Morgan fingerprint density at radius 2 is 1.78 bits per heavy atom. The number of hydrogen-bond acceptors (Lipinski definition) is 3. The third-order valence-electron chi connectivity index (χ3n) is 4.58. The van der Waals surface area contributed by atoms with E-state index in [2.05, 4.69) is 48.4 Å². The summed E-state index contributed by atoms with van der Waals surface area (Å²) in [6.07, 6.45) is 3.93. The first-order chi connectivity index (χ1) is 12.9. The smallest absolute Gasteiger partial charge is 0.246 e. The lowest BCUT2D eigenvalue weighted by Crippen LogP contribution is -2.21. The topological polar surface area (TPSA) is 59.3 Å². The molecular formula is C22H22N4O. The van der Waals surface area contributed by atoms with Crippen LogP contribution in [0.15, 0.2) is 65.9 Å². The molecule has 136 valence electrons. The van der Waals surface area contributed by atoms with Crippen molar-refractivity contribution in [2.24, 2.45) is 4.99 Å². The number of benzodiazepines with no additional fused rings is 1. The Balaban J connectivity index is 1.82. The van der Waals surface area contributed by atoms with E-state index in [1.54, 1.807) is 0 Å². The minimum Gasteiger partial charge on any atom is -0.324 e. The van der Waals surface area contributed by atoms with Crippen molar-refractivity contribution in [2.45, 2.75) is 26.3 Å². The van der Waals surface area contributed by atoms with E-state index < -0.39 is 0 Å². The summed E-state index contributed by atoms with van der Waals surface area (Å²) < 4.78 is 1.96. The number of nitrogens with zero attached hydrogens (tertiary/aromatic N) is 3. The minimum absolute atomic E-state index is 0.0748. The van der Waals surface area contributed by atoms with Crippen molar-refractivity contribution in [3.8, 4) is 11.1 Å². The van der Waals surface area contributed by atoms with Crippen molar-refractivity contribution in [3.63, 3.8) is 0 Å². The number of hydrogen-bond donors (Lipinski definition) is 1. The zero-order valence-corrected chi connectivity index (χ0v) is 15.7. The lowest BCUT2D eigenvalue weighted by Gasteiger charge is -2.18. The zero-order chi connectivity index (χ0) is 19.0. The summed E-state index contributed by atoms with van der Waals surface area (Å²) in [7, 11) is 0. The second-order valence-electron chi connectivity index (χ2n) is 7.68. The van der Waals surface area contributed by atoms with Crippen molar-refractivity contribution in [1.82, 2.24) is 9.78 Å². The number of anilines is 1. The van der Waals surface area contributed by atoms with Crippen LogP contribution in [0.4, 0.5) is 5.69 Å². The standard InChI is InChI=1S/C22H22N4O/c1-22(2,3)26-14-17(12-24-26)16-9-10-19-18(11-16)21(23-13-20(27)25-19)15-7-5-4-6-8-15/h4-12,14H,13H2,1-3H3,(H,25,27). The molecule has 0 saturated carbocycles. The first-order valence-electron chi connectivity index (χ1n) is 9.01. The molecule has 1 N–H and O–H groups in total. The van der Waals surface area contributed by atoms with Crippen molar-refractivity contribution in [1.29, 1.82) is 0 Å². The molecule has 2 aromatic carbocycles. The molecule has 0 radical (unpaired) electrons. The first kappa shape index (κ1) is 17.2. The molecule has 4 rings (SSSR count). The quantitative estimate of drug-likeness (QED) is 0.750. The fourth-order valence-electron chi connectivity index (χ4n) is 3.14. The molecule has 1 aliphatic heterocycles. The predicted octanol–water partition coefficient (Wildman–Crippen LogP) is 4.09. The van der Waals surface area contributed by atoms with Crippen LogP contribution in [0.1, 0.15) is 31.9 Å². The van der Waals surface area contributed by atoms with E-state index in [-0.39, 0.29) is 18.0 Å².